The van der Waals surface area contributed by atoms with E-state index in [1.165, 1.54) is 0 Å². The summed E-state index contributed by atoms with van der Waals surface area (Å²) in [5.74, 6) is 1.86. The first kappa shape index (κ1) is 23.4. The van der Waals surface area contributed by atoms with E-state index < -0.39 is 5.60 Å². The number of hydrogen-bond donors (Lipinski definition) is 1. The number of carbonyl (C=O) groups excluding carboxylic acids is 1. The lowest BCUT2D eigenvalue weighted by Gasteiger charge is -2.29. The monoisotopic (exact) mass is 438 g/mol. The number of benzene rings is 2. The largest absolute Gasteiger partial charge is 0.493 e. The maximum absolute atomic E-state index is 13.0. The molecule has 170 valence electrons. The molecule has 0 fully saturated rings. The Labute approximate surface area is 189 Å². The van der Waals surface area contributed by atoms with E-state index in [1.54, 1.807) is 36.4 Å². The Hall–Kier alpha value is -3.25. The average Bonchev–Trinajstić information content (AvgIpc) is 2.78. The minimum Gasteiger partial charge on any atom is -0.493 e. The van der Waals surface area contributed by atoms with E-state index in [-0.39, 0.29) is 25.6 Å². The van der Waals surface area contributed by atoms with Crippen molar-refractivity contribution < 1.29 is 28.8 Å². The van der Waals surface area contributed by atoms with Gasteiger partial charge in [0.1, 0.15) is 35.2 Å². The second-order valence-corrected chi connectivity index (χ2v) is 7.98. The van der Waals surface area contributed by atoms with Crippen molar-refractivity contribution in [1.82, 2.24) is 0 Å². The number of ether oxygens (including phenoxy) is 4. The second-order valence-electron chi connectivity index (χ2n) is 7.98. The van der Waals surface area contributed by atoms with Crippen molar-refractivity contribution >= 4 is 11.9 Å². The van der Waals surface area contributed by atoms with Crippen LogP contribution in [-0.2, 0) is 6.61 Å². The summed E-state index contributed by atoms with van der Waals surface area (Å²) in [4.78, 5) is 13.0. The highest BCUT2D eigenvalue weighted by molar-refractivity contribution is 6.00. The number of fused-ring (bicyclic) bond motifs is 1. The van der Waals surface area contributed by atoms with Gasteiger partial charge in [-0.3, -0.25) is 4.79 Å². The van der Waals surface area contributed by atoms with Gasteiger partial charge >= 0.3 is 0 Å². The zero-order valence-electron chi connectivity index (χ0n) is 18.8. The molecule has 32 heavy (non-hydrogen) atoms. The van der Waals surface area contributed by atoms with Crippen LogP contribution in [0.3, 0.4) is 0 Å². The normalized spacial score (nSPS) is 13.6. The number of aliphatic hydroxyl groups is 1. The molecule has 1 aliphatic rings. The van der Waals surface area contributed by atoms with Crippen LogP contribution in [0.1, 0.15) is 48.7 Å². The van der Waals surface area contributed by atoms with Crippen molar-refractivity contribution in [2.75, 3.05) is 19.8 Å². The van der Waals surface area contributed by atoms with Crippen molar-refractivity contribution in [2.24, 2.45) is 0 Å². The number of hydrogen-bond acceptors (Lipinski definition) is 6. The smallest absolute Gasteiger partial charge is 0.203 e. The number of rotatable bonds is 11. The van der Waals surface area contributed by atoms with Crippen LogP contribution < -0.4 is 18.9 Å². The van der Waals surface area contributed by atoms with Gasteiger partial charge in [0.05, 0.1) is 24.3 Å². The zero-order chi connectivity index (χ0) is 23.1. The molecule has 6 nitrogen and oxygen atoms in total. The Bertz CT molecular complexity index is 1010. The zero-order valence-corrected chi connectivity index (χ0v) is 18.8. The molecule has 1 N–H and O–H groups in total. The van der Waals surface area contributed by atoms with Gasteiger partial charge in [0.25, 0.3) is 0 Å². The summed E-state index contributed by atoms with van der Waals surface area (Å²) < 4.78 is 23.2. The van der Waals surface area contributed by atoms with Crippen LogP contribution in [0.4, 0.5) is 0 Å². The topological polar surface area (TPSA) is 74.2 Å². The third-order valence-corrected chi connectivity index (χ3v) is 4.86. The molecule has 2 aromatic rings. The van der Waals surface area contributed by atoms with Gasteiger partial charge < -0.3 is 24.1 Å². The van der Waals surface area contributed by atoms with E-state index in [0.717, 1.165) is 6.42 Å². The van der Waals surface area contributed by atoms with Crippen LogP contribution in [0.15, 0.2) is 49.1 Å². The first-order valence-electron chi connectivity index (χ1n) is 10.7. The Kier molecular flexibility index (Phi) is 7.59. The predicted molar refractivity (Wildman–Crippen MR) is 124 cm³/mol. The molecule has 3 rings (SSSR count). The molecule has 0 amide bonds. The summed E-state index contributed by atoms with van der Waals surface area (Å²) in [7, 11) is 0. The SMILES string of the molecule is C=CCOc1cc(OCCC)ccc1C(=O)COc1c(CO)ccc2c1C=CC(C)(C)O2. The Balaban J connectivity index is 1.83. The second kappa shape index (κ2) is 10.4. The fraction of sp³-hybridized carbons (Fsp3) is 0.346. The van der Waals surface area contributed by atoms with Gasteiger partial charge in [0.2, 0.25) is 5.78 Å². The summed E-state index contributed by atoms with van der Waals surface area (Å²) in [5.41, 5.74) is 1.23. The van der Waals surface area contributed by atoms with Crippen molar-refractivity contribution in [1.29, 1.82) is 0 Å². The lowest BCUT2D eigenvalue weighted by atomic mass is 9.99. The van der Waals surface area contributed by atoms with E-state index >= 15 is 0 Å². The van der Waals surface area contributed by atoms with E-state index in [4.69, 9.17) is 18.9 Å². The number of Topliss-reactive ketones (excluding diaryl/α,β-unsaturated/α-hetero) is 1. The Morgan fingerprint density at radius 3 is 2.72 bits per heavy atom. The summed E-state index contributed by atoms with van der Waals surface area (Å²) in [5, 5.41) is 9.77. The Morgan fingerprint density at radius 1 is 1.19 bits per heavy atom. The standard InChI is InChI=1S/C26H30O6/c1-5-13-29-19-8-9-20(24(15-19)30-14-6-2)22(28)17-31-25-18(16-27)7-10-23-21(25)11-12-26(3,4)32-23/h6-12,15,27H,2,5,13-14,16-17H2,1,3-4H3. The van der Waals surface area contributed by atoms with Crippen molar-refractivity contribution in [3.8, 4) is 23.0 Å². The first-order chi connectivity index (χ1) is 15.4. The first-order valence-corrected chi connectivity index (χ1v) is 10.7. The molecule has 0 aliphatic carbocycles. The molecule has 1 heterocycles. The van der Waals surface area contributed by atoms with E-state index in [9.17, 15) is 9.90 Å². The maximum atomic E-state index is 13.0. The molecule has 0 saturated heterocycles. The molecule has 0 aromatic heterocycles. The van der Waals surface area contributed by atoms with Crippen LogP contribution in [0.2, 0.25) is 0 Å². The van der Waals surface area contributed by atoms with Gasteiger partial charge in [-0.15, -0.1) is 0 Å². The Morgan fingerprint density at radius 2 is 2.00 bits per heavy atom. The van der Waals surface area contributed by atoms with E-state index in [2.05, 4.69) is 6.58 Å². The van der Waals surface area contributed by atoms with E-state index in [1.807, 2.05) is 32.9 Å². The van der Waals surface area contributed by atoms with Crippen molar-refractivity contribution in [3.63, 3.8) is 0 Å². The number of ketones is 1. The number of carbonyl (C=O) groups is 1. The molecule has 2 aromatic carbocycles. The highest BCUT2D eigenvalue weighted by Gasteiger charge is 2.25. The predicted octanol–water partition coefficient (Wildman–Crippen LogP) is 4.98. The molecule has 0 saturated carbocycles. The summed E-state index contributed by atoms with van der Waals surface area (Å²) >= 11 is 0. The molecule has 6 heteroatoms. The quantitative estimate of drug-likeness (QED) is 0.394. The minimum absolute atomic E-state index is 0.217. The van der Waals surface area contributed by atoms with Crippen molar-refractivity contribution in [3.05, 3.63) is 65.8 Å². The minimum atomic E-state index is -0.445. The average molecular weight is 439 g/mol. The van der Waals surface area contributed by atoms with Gasteiger partial charge in [-0.1, -0.05) is 19.6 Å². The lowest BCUT2D eigenvalue weighted by Crippen LogP contribution is -2.27. The van der Waals surface area contributed by atoms with Gasteiger partial charge in [-0.2, -0.15) is 0 Å². The van der Waals surface area contributed by atoms with Gasteiger partial charge in [-0.25, -0.2) is 0 Å². The maximum Gasteiger partial charge on any atom is 0.203 e. The molecule has 0 radical (unpaired) electrons. The molecular weight excluding hydrogens is 408 g/mol. The summed E-state index contributed by atoms with van der Waals surface area (Å²) in [6.07, 6.45) is 6.31. The molecule has 0 spiro atoms. The third kappa shape index (κ3) is 5.51. The van der Waals surface area contributed by atoms with Crippen molar-refractivity contribution in [2.45, 2.75) is 39.4 Å². The molecular formula is C26H30O6. The number of aliphatic hydroxyl groups excluding tert-OH is 1. The summed E-state index contributed by atoms with van der Waals surface area (Å²) in [6, 6.07) is 8.66. The fourth-order valence-electron chi connectivity index (χ4n) is 3.30. The van der Waals surface area contributed by atoms with Crippen LogP contribution in [-0.4, -0.2) is 36.3 Å². The van der Waals surface area contributed by atoms with Gasteiger partial charge in [0, 0.05) is 11.6 Å². The van der Waals surface area contributed by atoms with Crippen LogP contribution >= 0.6 is 0 Å². The van der Waals surface area contributed by atoms with E-state index in [0.29, 0.717) is 46.3 Å². The highest BCUT2D eigenvalue weighted by atomic mass is 16.5. The highest BCUT2D eigenvalue weighted by Crippen LogP contribution is 2.39. The van der Waals surface area contributed by atoms with Gasteiger partial charge in [-0.05, 0) is 56.7 Å². The molecule has 0 bridgehead atoms. The summed E-state index contributed by atoms with van der Waals surface area (Å²) in [6.45, 7) is 9.99. The lowest BCUT2D eigenvalue weighted by molar-refractivity contribution is 0.0914. The molecule has 0 atom stereocenters. The molecule has 1 aliphatic heterocycles. The third-order valence-electron chi connectivity index (χ3n) is 4.86. The fourth-order valence-corrected chi connectivity index (χ4v) is 3.30. The van der Waals surface area contributed by atoms with Crippen LogP contribution in [0.25, 0.3) is 6.08 Å². The molecule has 0 unspecified atom stereocenters. The van der Waals surface area contributed by atoms with Gasteiger partial charge in [0.15, 0.2) is 6.61 Å². The van der Waals surface area contributed by atoms with Crippen LogP contribution in [0.5, 0.6) is 23.0 Å². The van der Waals surface area contributed by atoms with Crippen LogP contribution in [0, 0.1) is 0 Å².